The van der Waals surface area contributed by atoms with Crippen LogP contribution in [0.4, 0.5) is 0 Å². The van der Waals surface area contributed by atoms with Crippen molar-refractivity contribution < 1.29 is 13.2 Å². The number of nitrogens with one attached hydrogen (secondary N) is 1. The second kappa shape index (κ2) is 10.6. The number of H-pyrrole nitrogens is 1. The first-order valence-corrected chi connectivity index (χ1v) is 14.2. The van der Waals surface area contributed by atoms with Crippen LogP contribution in [-0.4, -0.2) is 49.4 Å². The quantitative estimate of drug-likeness (QED) is 0.466. The van der Waals surface area contributed by atoms with E-state index in [1.807, 2.05) is 6.07 Å². The summed E-state index contributed by atoms with van der Waals surface area (Å²) in [7, 11) is -1.87. The van der Waals surface area contributed by atoms with E-state index in [0.717, 1.165) is 42.9 Å². The van der Waals surface area contributed by atoms with E-state index in [0.29, 0.717) is 29.8 Å². The van der Waals surface area contributed by atoms with Gasteiger partial charge in [0.1, 0.15) is 5.75 Å². The molecule has 186 valence electrons. The Balaban J connectivity index is 1.41. The smallest absolute Gasteiger partial charge is 0.243 e. The summed E-state index contributed by atoms with van der Waals surface area (Å²) in [6.45, 7) is 3.08. The molecule has 2 aliphatic rings. The van der Waals surface area contributed by atoms with Crippen LogP contribution in [0.5, 0.6) is 5.75 Å². The highest BCUT2D eigenvalue weighted by molar-refractivity contribution is 7.89. The zero-order valence-electron chi connectivity index (χ0n) is 20.4. The highest BCUT2D eigenvalue weighted by Crippen LogP contribution is 2.35. The van der Waals surface area contributed by atoms with Gasteiger partial charge in [0.05, 0.1) is 12.0 Å². The fourth-order valence-corrected chi connectivity index (χ4v) is 7.00. The maximum atomic E-state index is 13.2. The third-order valence-electron chi connectivity index (χ3n) is 7.33. The van der Waals surface area contributed by atoms with Gasteiger partial charge in [-0.2, -0.15) is 4.31 Å². The van der Waals surface area contributed by atoms with Gasteiger partial charge in [-0.3, -0.25) is 4.90 Å². The van der Waals surface area contributed by atoms with Crippen molar-refractivity contribution in [3.63, 3.8) is 0 Å². The van der Waals surface area contributed by atoms with E-state index in [4.69, 9.17) is 4.74 Å². The molecule has 0 amide bonds. The van der Waals surface area contributed by atoms with Crippen LogP contribution in [0, 0.1) is 0 Å². The van der Waals surface area contributed by atoms with Crippen LogP contribution in [0.3, 0.4) is 0 Å². The maximum Gasteiger partial charge on any atom is 0.243 e. The fraction of sp³-hybridized carbons (Fsp3) is 0.429. The van der Waals surface area contributed by atoms with Crippen LogP contribution >= 0.6 is 0 Å². The Hall–Kier alpha value is -2.61. The number of hydrogen-bond donors (Lipinski definition) is 1. The highest BCUT2D eigenvalue weighted by atomic mass is 32.2. The van der Waals surface area contributed by atoms with Crippen LogP contribution < -0.4 is 4.74 Å². The number of aromatic amines is 1. The molecule has 1 unspecified atom stereocenters. The lowest BCUT2D eigenvalue weighted by atomic mass is 10.0. The summed E-state index contributed by atoms with van der Waals surface area (Å²) in [5.74, 6) is 0.663. The lowest BCUT2D eigenvalue weighted by Crippen LogP contribution is -2.28. The average Bonchev–Trinajstić information content (AvgIpc) is 3.54. The molecule has 2 aromatic carbocycles. The van der Waals surface area contributed by atoms with Crippen molar-refractivity contribution in [2.75, 3.05) is 26.7 Å². The molecule has 1 aromatic heterocycles. The zero-order valence-corrected chi connectivity index (χ0v) is 21.3. The molecule has 0 aliphatic carbocycles. The highest BCUT2D eigenvalue weighted by Gasteiger charge is 2.28. The van der Waals surface area contributed by atoms with Crippen LogP contribution in [0.2, 0.25) is 0 Å². The minimum atomic E-state index is -3.50. The van der Waals surface area contributed by atoms with Crippen molar-refractivity contribution in [1.82, 2.24) is 14.2 Å². The monoisotopic (exact) mass is 493 g/mol. The molecular weight excluding hydrogens is 458 g/mol. The average molecular weight is 494 g/mol. The van der Waals surface area contributed by atoms with Gasteiger partial charge in [-0.25, -0.2) is 8.42 Å². The lowest BCUT2D eigenvalue weighted by Gasteiger charge is -2.30. The van der Waals surface area contributed by atoms with Crippen LogP contribution in [-0.2, 0) is 16.6 Å². The molecule has 0 spiro atoms. The molecule has 2 aliphatic heterocycles. The molecule has 0 radical (unpaired) electrons. The molecule has 0 saturated carbocycles. The third-order valence-corrected chi connectivity index (χ3v) is 9.23. The molecule has 7 heteroatoms. The number of sulfonamides is 1. The normalized spacial score (nSPS) is 20.1. The lowest BCUT2D eigenvalue weighted by molar-refractivity contribution is 0.190. The van der Waals surface area contributed by atoms with Crippen molar-refractivity contribution >= 4 is 10.0 Å². The molecule has 35 heavy (non-hydrogen) atoms. The Morgan fingerprint density at radius 1 is 0.914 bits per heavy atom. The van der Waals surface area contributed by atoms with Gasteiger partial charge >= 0.3 is 0 Å². The first kappa shape index (κ1) is 24.1. The second-order valence-electron chi connectivity index (χ2n) is 9.62. The molecule has 6 nitrogen and oxygen atoms in total. The largest absolute Gasteiger partial charge is 0.496 e. The first-order chi connectivity index (χ1) is 17.1. The van der Waals surface area contributed by atoms with Crippen molar-refractivity contribution in [2.24, 2.45) is 0 Å². The van der Waals surface area contributed by atoms with E-state index < -0.39 is 10.0 Å². The summed E-state index contributed by atoms with van der Waals surface area (Å²) >= 11 is 0. The van der Waals surface area contributed by atoms with E-state index in [2.05, 4.69) is 46.3 Å². The number of rotatable bonds is 7. The van der Waals surface area contributed by atoms with Gasteiger partial charge in [0.25, 0.3) is 0 Å². The summed E-state index contributed by atoms with van der Waals surface area (Å²) in [5, 5.41) is 0. The fourth-order valence-electron chi connectivity index (χ4n) is 5.45. The standard InChI is InChI=1S/C28H35N3O3S/c1-34-28-16-14-24(35(32,33)31-18-8-9-19-31)20-25(28)26-15-13-23(29-26)21-30-17-7-3-6-12-27(30)22-10-4-2-5-11-22/h2,4-5,10-11,13-16,20,27,29H,3,6-9,12,17-19,21H2,1H3. The van der Waals surface area contributed by atoms with E-state index in [1.54, 1.807) is 29.6 Å². The minimum absolute atomic E-state index is 0.322. The number of methoxy groups -OCH3 is 1. The maximum absolute atomic E-state index is 13.2. The van der Waals surface area contributed by atoms with Gasteiger partial charge in [0, 0.05) is 42.6 Å². The van der Waals surface area contributed by atoms with E-state index in [-0.39, 0.29) is 0 Å². The Morgan fingerprint density at radius 3 is 2.46 bits per heavy atom. The van der Waals surface area contributed by atoms with Gasteiger partial charge in [-0.05, 0) is 68.1 Å². The van der Waals surface area contributed by atoms with Gasteiger partial charge in [0.15, 0.2) is 0 Å². The first-order valence-electron chi connectivity index (χ1n) is 12.7. The predicted octanol–water partition coefficient (Wildman–Crippen LogP) is 5.59. The topological polar surface area (TPSA) is 65.6 Å². The molecule has 1 atom stereocenters. The van der Waals surface area contributed by atoms with Crippen LogP contribution in [0.15, 0.2) is 65.6 Å². The Kier molecular flexibility index (Phi) is 7.27. The summed E-state index contributed by atoms with van der Waals surface area (Å²) in [4.78, 5) is 6.46. The van der Waals surface area contributed by atoms with Crippen molar-refractivity contribution in [3.05, 3.63) is 71.9 Å². The Labute approximate surface area is 209 Å². The van der Waals surface area contributed by atoms with Crippen LogP contribution in [0.25, 0.3) is 11.3 Å². The van der Waals surface area contributed by atoms with E-state index in [9.17, 15) is 8.42 Å². The van der Waals surface area contributed by atoms with Crippen molar-refractivity contribution in [1.29, 1.82) is 0 Å². The molecule has 3 aromatic rings. The minimum Gasteiger partial charge on any atom is -0.496 e. The van der Waals surface area contributed by atoms with Gasteiger partial charge < -0.3 is 9.72 Å². The molecule has 5 rings (SSSR count). The van der Waals surface area contributed by atoms with Gasteiger partial charge in [-0.15, -0.1) is 0 Å². The number of nitrogens with zero attached hydrogens (tertiary/aromatic N) is 2. The Morgan fingerprint density at radius 2 is 1.69 bits per heavy atom. The number of likely N-dealkylation sites (tertiary alicyclic amines) is 1. The Bertz CT molecular complexity index is 1230. The van der Waals surface area contributed by atoms with Crippen LogP contribution in [0.1, 0.15) is 55.8 Å². The number of hydrogen-bond acceptors (Lipinski definition) is 4. The predicted molar refractivity (Wildman–Crippen MR) is 139 cm³/mol. The summed E-state index contributed by atoms with van der Waals surface area (Å²) < 4.78 is 33.5. The van der Waals surface area contributed by atoms with Crippen molar-refractivity contribution in [2.45, 2.75) is 56.0 Å². The van der Waals surface area contributed by atoms with E-state index >= 15 is 0 Å². The van der Waals surface area contributed by atoms with Gasteiger partial charge in [-0.1, -0.05) is 43.2 Å². The zero-order chi connectivity index (χ0) is 24.3. The summed E-state index contributed by atoms with van der Waals surface area (Å²) in [6, 6.07) is 20.5. The second-order valence-corrected chi connectivity index (χ2v) is 11.6. The molecule has 1 N–H and O–H groups in total. The SMILES string of the molecule is COc1ccc(S(=O)(=O)N2CCCC2)cc1-c1ccc(CN2CCCCCC2c2ccccc2)[nH]1. The molecular formula is C28H35N3O3S. The molecule has 2 fully saturated rings. The van der Waals surface area contributed by atoms with Crippen molar-refractivity contribution in [3.8, 4) is 17.0 Å². The summed E-state index contributed by atoms with van der Waals surface area (Å²) in [6.07, 6.45) is 6.74. The summed E-state index contributed by atoms with van der Waals surface area (Å²) in [5.41, 5.74) is 4.15. The molecule has 2 saturated heterocycles. The van der Waals surface area contributed by atoms with Gasteiger partial charge in [0.2, 0.25) is 10.0 Å². The third kappa shape index (κ3) is 5.17. The number of ether oxygens (including phenoxy) is 1. The number of benzene rings is 2. The molecule has 0 bridgehead atoms. The number of aromatic nitrogens is 1. The molecule has 3 heterocycles. The van der Waals surface area contributed by atoms with E-state index in [1.165, 1.54) is 31.2 Å².